The maximum absolute atomic E-state index is 11.8. The van der Waals surface area contributed by atoms with Gasteiger partial charge in [0.2, 0.25) is 0 Å². The van der Waals surface area contributed by atoms with Crippen LogP contribution in [-0.2, 0) is 4.79 Å². The molecular formula is C10H8Cl2N2O5. The van der Waals surface area contributed by atoms with Gasteiger partial charge in [-0.1, -0.05) is 29.3 Å². The van der Waals surface area contributed by atoms with Gasteiger partial charge in [-0.05, 0) is 12.1 Å². The summed E-state index contributed by atoms with van der Waals surface area (Å²) in [5, 5.41) is 17.5. The summed E-state index contributed by atoms with van der Waals surface area (Å²) in [6.07, 6.45) is -1.63. The van der Waals surface area contributed by atoms with Crippen molar-refractivity contribution >= 4 is 41.2 Å². The number of amides is 2. The van der Waals surface area contributed by atoms with Gasteiger partial charge < -0.3 is 10.2 Å². The molecule has 0 aliphatic rings. The lowest BCUT2D eigenvalue weighted by Crippen LogP contribution is -2.48. The van der Waals surface area contributed by atoms with Crippen LogP contribution in [-0.4, -0.2) is 39.7 Å². The van der Waals surface area contributed by atoms with E-state index in [0.717, 1.165) is 0 Å². The number of hydrogen-bond donors (Lipinski definition) is 3. The van der Waals surface area contributed by atoms with Crippen molar-refractivity contribution in [3.63, 3.8) is 0 Å². The Kier molecular flexibility index (Phi) is 4.96. The summed E-state index contributed by atoms with van der Waals surface area (Å²) in [6, 6.07) is 4.29. The van der Waals surface area contributed by atoms with E-state index in [-0.39, 0.29) is 20.6 Å². The Labute approximate surface area is 117 Å². The Morgan fingerprint density at radius 2 is 1.68 bits per heavy atom. The fourth-order valence-electron chi connectivity index (χ4n) is 1.18. The third-order valence-corrected chi connectivity index (χ3v) is 2.58. The number of carbonyl (C=O) groups is 3. The van der Waals surface area contributed by atoms with Crippen molar-refractivity contribution in [2.24, 2.45) is 0 Å². The molecule has 1 aromatic carbocycles. The number of hydrogen-bond acceptors (Lipinski definition) is 3. The Bertz CT molecular complexity index is 514. The predicted molar refractivity (Wildman–Crippen MR) is 66.3 cm³/mol. The molecule has 0 atom stereocenters. The monoisotopic (exact) mass is 306 g/mol. The number of carboxylic acid groups (broad SMARTS) is 2. The Morgan fingerprint density at radius 1 is 1.16 bits per heavy atom. The summed E-state index contributed by atoms with van der Waals surface area (Å²) in [4.78, 5) is 33.0. The van der Waals surface area contributed by atoms with Gasteiger partial charge in [0.15, 0.2) is 0 Å². The normalized spacial score (nSPS) is 9.79. The van der Waals surface area contributed by atoms with Gasteiger partial charge in [-0.25, -0.2) is 9.80 Å². The fourth-order valence-corrected chi connectivity index (χ4v) is 1.75. The zero-order valence-electron chi connectivity index (χ0n) is 9.26. The highest BCUT2D eigenvalue weighted by Gasteiger charge is 2.21. The lowest BCUT2D eigenvalue weighted by Gasteiger charge is -2.18. The predicted octanol–water partition coefficient (Wildman–Crippen LogP) is 1.70. The average Bonchev–Trinajstić information content (AvgIpc) is 2.27. The number of aliphatic carboxylic acids is 1. The number of carbonyl (C=O) groups excluding carboxylic acids is 1. The third-order valence-electron chi connectivity index (χ3n) is 1.95. The summed E-state index contributed by atoms with van der Waals surface area (Å²) >= 11 is 11.5. The summed E-state index contributed by atoms with van der Waals surface area (Å²) in [5.74, 6) is -2.34. The molecule has 1 rings (SSSR count). The molecule has 1 aromatic rings. The van der Waals surface area contributed by atoms with Gasteiger partial charge in [-0.3, -0.25) is 15.0 Å². The second-order valence-electron chi connectivity index (χ2n) is 3.30. The van der Waals surface area contributed by atoms with Crippen LogP contribution >= 0.6 is 23.2 Å². The lowest BCUT2D eigenvalue weighted by molar-refractivity contribution is -0.138. The number of halogens is 2. The molecule has 3 N–H and O–H groups in total. The van der Waals surface area contributed by atoms with E-state index < -0.39 is 24.5 Å². The van der Waals surface area contributed by atoms with Crippen molar-refractivity contribution in [2.45, 2.75) is 0 Å². The maximum atomic E-state index is 11.8. The number of benzene rings is 1. The summed E-state index contributed by atoms with van der Waals surface area (Å²) < 4.78 is 0. The largest absolute Gasteiger partial charge is 0.480 e. The van der Waals surface area contributed by atoms with E-state index in [4.69, 9.17) is 33.4 Å². The highest BCUT2D eigenvalue weighted by Crippen LogP contribution is 2.23. The molecule has 9 heteroatoms. The quantitative estimate of drug-likeness (QED) is 0.737. The number of rotatable bonds is 3. The van der Waals surface area contributed by atoms with Crippen molar-refractivity contribution < 1.29 is 24.6 Å². The van der Waals surface area contributed by atoms with Gasteiger partial charge in [0, 0.05) is 0 Å². The van der Waals surface area contributed by atoms with E-state index >= 15 is 0 Å². The second kappa shape index (κ2) is 6.26. The first-order valence-corrected chi connectivity index (χ1v) is 5.55. The van der Waals surface area contributed by atoms with Crippen LogP contribution in [0.2, 0.25) is 10.0 Å². The van der Waals surface area contributed by atoms with E-state index in [9.17, 15) is 14.4 Å². The maximum Gasteiger partial charge on any atom is 0.426 e. The highest BCUT2D eigenvalue weighted by molar-refractivity contribution is 6.39. The van der Waals surface area contributed by atoms with Crippen LogP contribution < -0.4 is 5.43 Å². The first-order chi connectivity index (χ1) is 8.82. The molecule has 0 aliphatic heterocycles. The Hall–Kier alpha value is -1.99. The molecule has 0 saturated carbocycles. The van der Waals surface area contributed by atoms with Crippen molar-refractivity contribution in [1.29, 1.82) is 0 Å². The minimum absolute atomic E-state index is 0.0191. The van der Waals surface area contributed by atoms with Crippen LogP contribution in [0.25, 0.3) is 0 Å². The van der Waals surface area contributed by atoms with Crippen molar-refractivity contribution in [2.75, 3.05) is 6.54 Å². The van der Waals surface area contributed by atoms with Crippen LogP contribution in [0.4, 0.5) is 4.79 Å². The number of carboxylic acids is 1. The minimum Gasteiger partial charge on any atom is -0.480 e. The zero-order chi connectivity index (χ0) is 14.6. The van der Waals surface area contributed by atoms with E-state index in [2.05, 4.69) is 0 Å². The van der Waals surface area contributed by atoms with E-state index in [1.807, 2.05) is 5.43 Å². The molecule has 0 fully saturated rings. The molecular weight excluding hydrogens is 299 g/mol. The van der Waals surface area contributed by atoms with Crippen LogP contribution in [0.15, 0.2) is 18.2 Å². The van der Waals surface area contributed by atoms with Gasteiger partial charge in [0.05, 0.1) is 15.6 Å². The number of nitrogens with zero attached hydrogens (tertiary/aromatic N) is 1. The highest BCUT2D eigenvalue weighted by atomic mass is 35.5. The first kappa shape index (κ1) is 15.1. The molecule has 7 nitrogen and oxygen atoms in total. The molecule has 0 heterocycles. The molecule has 2 amide bonds. The lowest BCUT2D eigenvalue weighted by atomic mass is 10.2. The molecule has 0 aromatic heterocycles. The molecule has 102 valence electrons. The molecule has 0 aliphatic carbocycles. The van der Waals surface area contributed by atoms with Crippen molar-refractivity contribution in [3.05, 3.63) is 33.8 Å². The topological polar surface area (TPSA) is 107 Å². The molecule has 0 unspecified atom stereocenters. The number of hydrazine groups is 1. The minimum atomic E-state index is -1.63. The zero-order valence-corrected chi connectivity index (χ0v) is 10.8. The van der Waals surface area contributed by atoms with Crippen LogP contribution in [0.1, 0.15) is 10.4 Å². The van der Waals surface area contributed by atoms with E-state index in [1.54, 1.807) is 0 Å². The first-order valence-electron chi connectivity index (χ1n) is 4.80. The SMILES string of the molecule is O=C(O)CN(NC(=O)c1c(Cl)cccc1Cl)C(=O)O. The van der Waals surface area contributed by atoms with Crippen molar-refractivity contribution in [3.8, 4) is 0 Å². The third kappa shape index (κ3) is 4.01. The van der Waals surface area contributed by atoms with Gasteiger partial charge in [0.25, 0.3) is 5.91 Å². The molecule has 0 radical (unpaired) electrons. The van der Waals surface area contributed by atoms with Gasteiger partial charge >= 0.3 is 12.1 Å². The Morgan fingerprint density at radius 3 is 2.11 bits per heavy atom. The Balaban J connectivity index is 2.94. The summed E-state index contributed by atoms with van der Waals surface area (Å²) in [7, 11) is 0. The van der Waals surface area contributed by atoms with E-state index in [0.29, 0.717) is 0 Å². The number of nitrogens with one attached hydrogen (secondary N) is 1. The summed E-state index contributed by atoms with van der Waals surface area (Å²) in [6.45, 7) is -0.914. The van der Waals surface area contributed by atoms with Crippen LogP contribution in [0.3, 0.4) is 0 Å². The average molecular weight is 307 g/mol. The smallest absolute Gasteiger partial charge is 0.426 e. The molecule has 0 spiro atoms. The van der Waals surface area contributed by atoms with Crippen LogP contribution in [0.5, 0.6) is 0 Å². The van der Waals surface area contributed by atoms with Gasteiger partial charge in [-0.2, -0.15) is 0 Å². The molecule has 0 saturated heterocycles. The fraction of sp³-hybridized carbons (Fsp3) is 0.100. The van der Waals surface area contributed by atoms with Gasteiger partial charge in [-0.15, -0.1) is 0 Å². The molecule has 0 bridgehead atoms. The van der Waals surface area contributed by atoms with E-state index in [1.165, 1.54) is 18.2 Å². The summed E-state index contributed by atoms with van der Waals surface area (Å²) in [5.41, 5.74) is 1.75. The van der Waals surface area contributed by atoms with Gasteiger partial charge in [0.1, 0.15) is 6.54 Å². The standard InChI is InChI=1S/C10H8Cl2N2O5/c11-5-2-1-3-6(12)8(5)9(17)13-14(10(18)19)4-7(15)16/h1-3H,4H2,(H,13,17)(H,15,16)(H,18,19). The van der Waals surface area contributed by atoms with Crippen molar-refractivity contribution in [1.82, 2.24) is 10.4 Å². The molecule has 19 heavy (non-hydrogen) atoms. The second-order valence-corrected chi connectivity index (χ2v) is 4.11. The van der Waals surface area contributed by atoms with Crippen LogP contribution in [0, 0.1) is 0 Å².